The van der Waals surface area contributed by atoms with Crippen LogP contribution >= 0.6 is 11.3 Å². The lowest BCUT2D eigenvalue weighted by atomic mass is 9.91. The molecule has 4 rings (SSSR count). The van der Waals surface area contributed by atoms with Crippen LogP contribution in [-0.2, 0) is 0 Å². The van der Waals surface area contributed by atoms with Crippen LogP contribution in [0.1, 0.15) is 46.9 Å². The van der Waals surface area contributed by atoms with E-state index in [0.717, 1.165) is 36.0 Å². The number of anilines is 1. The first kappa shape index (κ1) is 18.8. The number of aromatic nitrogens is 1. The zero-order valence-corrected chi connectivity index (χ0v) is 16.6. The highest BCUT2D eigenvalue weighted by Crippen LogP contribution is 2.28. The summed E-state index contributed by atoms with van der Waals surface area (Å²) in [6, 6.07) is 14.3. The number of likely N-dealkylation sites (tertiary alicyclic amines) is 1. The van der Waals surface area contributed by atoms with Crippen molar-refractivity contribution in [3.8, 4) is 0 Å². The molecule has 0 amide bonds. The summed E-state index contributed by atoms with van der Waals surface area (Å²) in [5.41, 5.74) is 7.93. The molecule has 6 heteroatoms. The highest BCUT2D eigenvalue weighted by Gasteiger charge is 2.35. The second kappa shape index (κ2) is 7.81. The number of nitrogen functional groups attached to an aromatic ring is 1. The van der Waals surface area contributed by atoms with Gasteiger partial charge in [0.25, 0.3) is 0 Å². The van der Waals surface area contributed by atoms with E-state index in [4.69, 9.17) is 5.73 Å². The summed E-state index contributed by atoms with van der Waals surface area (Å²) in [5, 5.41) is 0.497. The van der Waals surface area contributed by atoms with Crippen LogP contribution in [0.4, 0.5) is 5.13 Å². The molecule has 0 radical (unpaired) electrons. The van der Waals surface area contributed by atoms with Crippen molar-refractivity contribution in [2.75, 3.05) is 12.3 Å². The Kier molecular flexibility index (Phi) is 5.24. The van der Waals surface area contributed by atoms with E-state index in [-0.39, 0.29) is 23.7 Å². The first-order chi connectivity index (χ1) is 13.5. The first-order valence-electron chi connectivity index (χ1n) is 9.60. The van der Waals surface area contributed by atoms with Gasteiger partial charge >= 0.3 is 0 Å². The van der Waals surface area contributed by atoms with Crippen molar-refractivity contribution in [1.29, 1.82) is 0 Å². The van der Waals surface area contributed by atoms with Crippen LogP contribution in [0.25, 0.3) is 10.2 Å². The monoisotopic (exact) mass is 393 g/mol. The summed E-state index contributed by atoms with van der Waals surface area (Å²) in [5.74, 6) is 0.132. The van der Waals surface area contributed by atoms with Gasteiger partial charge in [-0.1, -0.05) is 48.1 Å². The molecule has 5 nitrogen and oxygen atoms in total. The van der Waals surface area contributed by atoms with Gasteiger partial charge < -0.3 is 5.73 Å². The van der Waals surface area contributed by atoms with Crippen LogP contribution in [-0.4, -0.2) is 40.1 Å². The fourth-order valence-electron chi connectivity index (χ4n) is 3.98. The Hall–Kier alpha value is -2.57. The minimum absolute atomic E-state index is 0.0293. The molecule has 1 fully saturated rings. The summed E-state index contributed by atoms with van der Waals surface area (Å²) >= 11 is 1.38. The number of benzene rings is 2. The van der Waals surface area contributed by atoms with Gasteiger partial charge in [0.1, 0.15) is 0 Å². The van der Waals surface area contributed by atoms with E-state index in [1.165, 1.54) is 11.3 Å². The average Bonchev–Trinajstić information content (AvgIpc) is 3.12. The topological polar surface area (TPSA) is 76.3 Å². The van der Waals surface area contributed by atoms with Gasteiger partial charge in [-0.2, -0.15) is 0 Å². The van der Waals surface area contributed by atoms with E-state index in [1.807, 2.05) is 49.4 Å². The van der Waals surface area contributed by atoms with Gasteiger partial charge in [-0.05, 0) is 44.5 Å². The maximum Gasteiger partial charge on any atom is 0.181 e. The fourth-order valence-corrected chi connectivity index (χ4v) is 4.75. The molecule has 2 N–H and O–H groups in total. The van der Waals surface area contributed by atoms with Crippen LogP contribution < -0.4 is 5.73 Å². The summed E-state index contributed by atoms with van der Waals surface area (Å²) in [6.45, 7) is 2.66. The molecule has 0 spiro atoms. The maximum atomic E-state index is 13.2. The standard InChI is InChI=1S/C22H23N3O2S/c1-14(20(26)16-10-11-17-19(13-16)28-22(23)24-17)25-12-6-5-9-18(25)21(27)15-7-3-2-4-8-15/h2-4,7-8,10-11,13-14,18H,5-6,9,12H2,1H3,(H2,23,24). The van der Waals surface area contributed by atoms with Gasteiger partial charge in [0.05, 0.1) is 22.3 Å². The lowest BCUT2D eigenvalue weighted by molar-refractivity contribution is 0.0572. The van der Waals surface area contributed by atoms with Crippen LogP contribution in [0.15, 0.2) is 48.5 Å². The number of nitrogens with two attached hydrogens (primary N) is 1. The van der Waals surface area contributed by atoms with Crippen LogP contribution in [0.5, 0.6) is 0 Å². The third-order valence-corrected chi connectivity index (χ3v) is 6.32. The number of hydrogen-bond acceptors (Lipinski definition) is 6. The lowest BCUT2D eigenvalue weighted by Gasteiger charge is -2.38. The molecule has 28 heavy (non-hydrogen) atoms. The second-order valence-electron chi connectivity index (χ2n) is 7.25. The molecule has 1 saturated heterocycles. The molecule has 1 aromatic heterocycles. The molecule has 0 bridgehead atoms. The van der Waals surface area contributed by atoms with Gasteiger partial charge in [-0.3, -0.25) is 14.5 Å². The second-order valence-corrected chi connectivity index (χ2v) is 8.32. The maximum absolute atomic E-state index is 13.2. The van der Waals surface area contributed by atoms with Crippen LogP contribution in [0.3, 0.4) is 0 Å². The van der Waals surface area contributed by atoms with Crippen LogP contribution in [0.2, 0.25) is 0 Å². The number of fused-ring (bicyclic) bond motifs is 1. The number of thiazole rings is 1. The number of rotatable bonds is 5. The Morgan fingerprint density at radius 1 is 1.14 bits per heavy atom. The molecule has 0 aliphatic carbocycles. The van der Waals surface area contributed by atoms with E-state index < -0.39 is 0 Å². The number of nitrogens with zero attached hydrogens (tertiary/aromatic N) is 2. The van der Waals surface area contributed by atoms with Gasteiger partial charge in [0.15, 0.2) is 16.7 Å². The third-order valence-electron chi connectivity index (χ3n) is 5.47. The summed E-state index contributed by atoms with van der Waals surface area (Å²) < 4.78 is 0.908. The molecule has 2 aromatic carbocycles. The minimum atomic E-state index is -0.360. The summed E-state index contributed by atoms with van der Waals surface area (Å²) in [4.78, 5) is 32.6. The number of carbonyl (C=O) groups is 2. The van der Waals surface area contributed by atoms with E-state index in [0.29, 0.717) is 16.3 Å². The Balaban J connectivity index is 1.59. The van der Waals surface area contributed by atoms with Gasteiger partial charge in [-0.15, -0.1) is 0 Å². The number of ketones is 2. The normalized spacial score (nSPS) is 18.8. The van der Waals surface area contributed by atoms with Crippen molar-refractivity contribution in [3.63, 3.8) is 0 Å². The molecular weight excluding hydrogens is 370 g/mol. The minimum Gasteiger partial charge on any atom is -0.375 e. The smallest absolute Gasteiger partial charge is 0.181 e. The largest absolute Gasteiger partial charge is 0.375 e. The van der Waals surface area contributed by atoms with Crippen LogP contribution in [0, 0.1) is 0 Å². The SMILES string of the molecule is CC(C(=O)c1ccc2nc(N)sc2c1)N1CCCCC1C(=O)c1ccccc1. The Morgan fingerprint density at radius 3 is 2.71 bits per heavy atom. The quantitative estimate of drug-likeness (QED) is 0.658. The average molecular weight is 394 g/mol. The molecule has 1 aliphatic rings. The van der Waals surface area contributed by atoms with Crippen molar-refractivity contribution in [2.24, 2.45) is 0 Å². The van der Waals surface area contributed by atoms with Crippen molar-refractivity contribution in [3.05, 3.63) is 59.7 Å². The van der Waals surface area contributed by atoms with Crippen molar-refractivity contribution >= 4 is 38.3 Å². The van der Waals surface area contributed by atoms with E-state index in [2.05, 4.69) is 9.88 Å². The zero-order chi connectivity index (χ0) is 19.7. The molecular formula is C22H23N3O2S. The Labute approximate surface area is 168 Å². The number of hydrogen-bond donors (Lipinski definition) is 1. The lowest BCUT2D eigenvalue weighted by Crippen LogP contribution is -2.51. The molecule has 1 aliphatic heterocycles. The Morgan fingerprint density at radius 2 is 1.93 bits per heavy atom. The van der Waals surface area contributed by atoms with Crippen molar-refractivity contribution < 1.29 is 9.59 Å². The van der Waals surface area contributed by atoms with E-state index >= 15 is 0 Å². The molecule has 0 saturated carbocycles. The molecule has 2 atom stereocenters. The number of Topliss-reactive ketones (excluding diaryl/α,β-unsaturated/α-hetero) is 2. The predicted octanol–water partition coefficient (Wildman–Crippen LogP) is 4.19. The number of piperidine rings is 1. The first-order valence-corrected chi connectivity index (χ1v) is 10.4. The Bertz CT molecular complexity index is 1020. The van der Waals surface area contributed by atoms with E-state index in [9.17, 15) is 9.59 Å². The number of carbonyl (C=O) groups excluding carboxylic acids is 2. The highest BCUT2D eigenvalue weighted by molar-refractivity contribution is 7.22. The molecule has 144 valence electrons. The third kappa shape index (κ3) is 3.57. The molecule has 2 heterocycles. The molecule has 2 unspecified atom stereocenters. The van der Waals surface area contributed by atoms with E-state index in [1.54, 1.807) is 6.07 Å². The fraction of sp³-hybridized carbons (Fsp3) is 0.318. The van der Waals surface area contributed by atoms with Crippen molar-refractivity contribution in [1.82, 2.24) is 9.88 Å². The van der Waals surface area contributed by atoms with Gasteiger partial charge in [-0.25, -0.2) is 4.98 Å². The summed E-state index contributed by atoms with van der Waals surface area (Å²) in [6.07, 6.45) is 2.79. The summed E-state index contributed by atoms with van der Waals surface area (Å²) in [7, 11) is 0. The molecule has 3 aromatic rings. The zero-order valence-electron chi connectivity index (χ0n) is 15.8. The predicted molar refractivity (Wildman–Crippen MR) is 113 cm³/mol. The van der Waals surface area contributed by atoms with Gasteiger partial charge in [0, 0.05) is 11.1 Å². The van der Waals surface area contributed by atoms with Crippen molar-refractivity contribution in [2.45, 2.75) is 38.3 Å². The van der Waals surface area contributed by atoms with Gasteiger partial charge in [0.2, 0.25) is 0 Å². The highest BCUT2D eigenvalue weighted by atomic mass is 32.1.